The third-order valence-electron chi connectivity index (χ3n) is 6.71. The van der Waals surface area contributed by atoms with Gasteiger partial charge in [-0.3, -0.25) is 14.4 Å². The Morgan fingerprint density at radius 3 is 2.42 bits per heavy atom. The van der Waals surface area contributed by atoms with Crippen LogP contribution in [0.5, 0.6) is 0 Å². The second kappa shape index (κ2) is 15.4. The zero-order valence-electron chi connectivity index (χ0n) is 23.5. The highest BCUT2D eigenvalue weighted by Gasteiger charge is 2.30. The van der Waals surface area contributed by atoms with Crippen LogP contribution in [0.25, 0.3) is 0 Å². The molecule has 1 unspecified atom stereocenters. The number of rotatable bonds is 10. The Morgan fingerprint density at radius 2 is 1.79 bits per heavy atom. The molecule has 9 nitrogen and oxygen atoms in total. The predicted octanol–water partition coefficient (Wildman–Crippen LogP) is 3.67. The molecular formula is C29H45N3O6. The number of carbonyl (C=O) groups is 4. The van der Waals surface area contributed by atoms with Crippen LogP contribution in [-0.4, -0.2) is 78.1 Å². The molecule has 2 rings (SSSR count). The standard InChI is InChI=1S/C29H45N3O6/c1-6-8-9-19-37-26(34)20-24(7-2)30-27(35)23-11-10-16-32(21-23)25(33)13-12-22-14-17-31(18-15-22)28(36)38-29(3,4)5/h2,12-13,22-24H,6,8-11,14-21H2,1,3-5H3,(H,30,35)/b13-12+/t23-,24?/m1/s1. The van der Waals surface area contributed by atoms with Gasteiger partial charge in [0.15, 0.2) is 0 Å². The van der Waals surface area contributed by atoms with Crippen LogP contribution in [0.3, 0.4) is 0 Å². The summed E-state index contributed by atoms with van der Waals surface area (Å²) < 4.78 is 10.6. The van der Waals surface area contributed by atoms with Crippen molar-refractivity contribution in [1.82, 2.24) is 15.1 Å². The zero-order chi connectivity index (χ0) is 28.1. The number of esters is 1. The molecule has 0 aliphatic carbocycles. The summed E-state index contributed by atoms with van der Waals surface area (Å²) in [6.45, 7) is 10.0. The Labute approximate surface area is 227 Å². The lowest BCUT2D eigenvalue weighted by Crippen LogP contribution is -2.47. The number of nitrogens with zero attached hydrogens (tertiary/aromatic N) is 2. The van der Waals surface area contributed by atoms with Gasteiger partial charge in [-0.15, -0.1) is 6.42 Å². The Kier molecular flexibility index (Phi) is 12.6. The summed E-state index contributed by atoms with van der Waals surface area (Å²) in [4.78, 5) is 53.3. The van der Waals surface area contributed by atoms with Crippen LogP contribution < -0.4 is 5.32 Å². The van der Waals surface area contributed by atoms with Gasteiger partial charge >= 0.3 is 12.1 Å². The van der Waals surface area contributed by atoms with Gasteiger partial charge in [0.05, 0.1) is 18.9 Å². The fraction of sp³-hybridized carbons (Fsp3) is 0.724. The van der Waals surface area contributed by atoms with Crippen molar-refractivity contribution in [3.8, 4) is 12.3 Å². The van der Waals surface area contributed by atoms with Crippen LogP contribution in [0.1, 0.15) is 79.1 Å². The van der Waals surface area contributed by atoms with Crippen molar-refractivity contribution in [2.45, 2.75) is 90.7 Å². The van der Waals surface area contributed by atoms with Gasteiger partial charge in [-0.25, -0.2) is 4.79 Å². The van der Waals surface area contributed by atoms with Crippen LogP contribution in [0.15, 0.2) is 12.2 Å². The molecule has 0 bridgehead atoms. The molecule has 0 spiro atoms. The lowest BCUT2D eigenvalue weighted by Gasteiger charge is -2.33. The van der Waals surface area contributed by atoms with Crippen molar-refractivity contribution in [2.24, 2.45) is 11.8 Å². The van der Waals surface area contributed by atoms with E-state index in [0.29, 0.717) is 45.6 Å². The van der Waals surface area contributed by atoms with E-state index in [4.69, 9.17) is 15.9 Å². The maximum absolute atomic E-state index is 12.8. The average molecular weight is 532 g/mol. The number of ether oxygens (including phenoxy) is 2. The first-order valence-corrected chi connectivity index (χ1v) is 13.9. The molecule has 212 valence electrons. The highest BCUT2D eigenvalue weighted by atomic mass is 16.6. The SMILES string of the molecule is C#CC(CC(=O)OCCCCC)NC(=O)[C@@H]1CCCN(C(=O)/C=C/C2CCN(C(=O)OC(C)(C)C)CC2)C1. The third kappa shape index (κ3) is 11.2. The first-order chi connectivity index (χ1) is 18.0. The van der Waals surface area contributed by atoms with Gasteiger partial charge in [0.25, 0.3) is 0 Å². The molecule has 9 heteroatoms. The first kappa shape index (κ1) is 31.2. The molecule has 2 aliphatic heterocycles. The van der Waals surface area contributed by atoms with Crippen molar-refractivity contribution in [1.29, 1.82) is 0 Å². The number of piperidine rings is 2. The summed E-state index contributed by atoms with van der Waals surface area (Å²) in [5.41, 5.74) is -0.523. The first-order valence-electron chi connectivity index (χ1n) is 13.9. The van der Waals surface area contributed by atoms with Gasteiger partial charge in [-0.05, 0) is 64.9 Å². The number of carbonyl (C=O) groups excluding carboxylic acids is 4. The number of allylic oxidation sites excluding steroid dienone is 1. The van der Waals surface area contributed by atoms with Gasteiger partial charge in [-0.1, -0.05) is 31.8 Å². The van der Waals surface area contributed by atoms with E-state index >= 15 is 0 Å². The van der Waals surface area contributed by atoms with Gasteiger partial charge in [0, 0.05) is 26.2 Å². The largest absolute Gasteiger partial charge is 0.466 e. The van der Waals surface area contributed by atoms with Gasteiger partial charge < -0.3 is 24.6 Å². The number of amides is 3. The Bertz CT molecular complexity index is 880. The van der Waals surface area contributed by atoms with Crippen LogP contribution in [0.4, 0.5) is 4.79 Å². The van der Waals surface area contributed by atoms with Crippen LogP contribution in [-0.2, 0) is 23.9 Å². The molecule has 38 heavy (non-hydrogen) atoms. The summed E-state index contributed by atoms with van der Waals surface area (Å²) >= 11 is 0. The van der Waals surface area contributed by atoms with E-state index in [9.17, 15) is 19.2 Å². The third-order valence-corrected chi connectivity index (χ3v) is 6.71. The number of unbranched alkanes of at least 4 members (excludes halogenated alkanes) is 2. The Morgan fingerprint density at radius 1 is 1.08 bits per heavy atom. The van der Waals surface area contributed by atoms with Crippen LogP contribution in [0.2, 0.25) is 0 Å². The smallest absolute Gasteiger partial charge is 0.410 e. The lowest BCUT2D eigenvalue weighted by atomic mass is 9.95. The maximum Gasteiger partial charge on any atom is 0.410 e. The molecule has 2 saturated heterocycles. The number of terminal acetylenes is 1. The quantitative estimate of drug-likeness (QED) is 0.200. The highest BCUT2D eigenvalue weighted by molar-refractivity contribution is 5.88. The zero-order valence-corrected chi connectivity index (χ0v) is 23.5. The molecule has 2 fully saturated rings. The molecule has 0 aromatic carbocycles. The van der Waals surface area contributed by atoms with E-state index < -0.39 is 17.6 Å². The van der Waals surface area contributed by atoms with Crippen molar-refractivity contribution < 1.29 is 28.7 Å². The van der Waals surface area contributed by atoms with Crippen molar-refractivity contribution in [2.75, 3.05) is 32.8 Å². The molecule has 2 aliphatic rings. The van der Waals surface area contributed by atoms with Crippen molar-refractivity contribution >= 4 is 23.9 Å². The fourth-order valence-corrected chi connectivity index (χ4v) is 4.52. The minimum Gasteiger partial charge on any atom is -0.466 e. The normalized spacial score (nSPS) is 19.5. The van der Waals surface area contributed by atoms with E-state index in [1.807, 2.05) is 26.8 Å². The molecule has 1 N–H and O–H groups in total. The summed E-state index contributed by atoms with van der Waals surface area (Å²) in [5.74, 6) is 1.49. The molecule has 3 amide bonds. The second-order valence-corrected chi connectivity index (χ2v) is 11.1. The monoisotopic (exact) mass is 531 g/mol. The molecule has 0 saturated carbocycles. The van der Waals surface area contributed by atoms with E-state index in [2.05, 4.69) is 18.2 Å². The van der Waals surface area contributed by atoms with Gasteiger partial charge in [0.2, 0.25) is 11.8 Å². The Hall–Kier alpha value is -3.02. The Balaban J connectivity index is 1.78. The number of hydrogen-bond donors (Lipinski definition) is 1. The summed E-state index contributed by atoms with van der Waals surface area (Å²) in [7, 11) is 0. The summed E-state index contributed by atoms with van der Waals surface area (Å²) in [5, 5.41) is 2.77. The van der Waals surface area contributed by atoms with Crippen molar-refractivity contribution in [3.63, 3.8) is 0 Å². The van der Waals surface area contributed by atoms with Crippen LogP contribution >= 0.6 is 0 Å². The summed E-state index contributed by atoms with van der Waals surface area (Å²) in [6, 6.07) is -0.737. The van der Waals surface area contributed by atoms with Crippen LogP contribution in [0, 0.1) is 24.2 Å². The molecular weight excluding hydrogens is 486 g/mol. The van der Waals surface area contributed by atoms with E-state index in [-0.39, 0.29) is 36.2 Å². The van der Waals surface area contributed by atoms with E-state index in [1.165, 1.54) is 0 Å². The number of hydrogen-bond acceptors (Lipinski definition) is 6. The number of nitrogens with one attached hydrogen (secondary N) is 1. The van der Waals surface area contributed by atoms with Gasteiger partial charge in [-0.2, -0.15) is 0 Å². The second-order valence-electron chi connectivity index (χ2n) is 11.1. The molecule has 2 heterocycles. The fourth-order valence-electron chi connectivity index (χ4n) is 4.52. The highest BCUT2D eigenvalue weighted by Crippen LogP contribution is 2.22. The summed E-state index contributed by atoms with van der Waals surface area (Å²) in [6.07, 6.45) is 14.4. The maximum atomic E-state index is 12.8. The molecule has 0 aromatic rings. The van der Waals surface area contributed by atoms with E-state index in [0.717, 1.165) is 32.1 Å². The predicted molar refractivity (Wildman–Crippen MR) is 145 cm³/mol. The minimum absolute atomic E-state index is 0.0702. The number of likely N-dealkylation sites (tertiary alicyclic amines) is 2. The molecule has 0 radical (unpaired) electrons. The lowest BCUT2D eigenvalue weighted by molar-refractivity contribution is -0.144. The minimum atomic E-state index is -0.737. The van der Waals surface area contributed by atoms with E-state index in [1.54, 1.807) is 15.9 Å². The topological polar surface area (TPSA) is 105 Å². The van der Waals surface area contributed by atoms with Gasteiger partial charge in [0.1, 0.15) is 11.6 Å². The van der Waals surface area contributed by atoms with Crippen molar-refractivity contribution in [3.05, 3.63) is 12.2 Å². The molecule has 0 aromatic heterocycles. The average Bonchev–Trinajstić information content (AvgIpc) is 2.88. The molecule has 2 atom stereocenters.